The van der Waals surface area contributed by atoms with Crippen molar-refractivity contribution in [2.24, 2.45) is 0 Å². The van der Waals surface area contributed by atoms with Crippen molar-refractivity contribution < 1.29 is 23.7 Å². The van der Waals surface area contributed by atoms with Crippen LogP contribution in [0, 0.1) is 0 Å². The van der Waals surface area contributed by atoms with Gasteiger partial charge in [-0.1, -0.05) is 46.8 Å². The Morgan fingerprint density at radius 1 is 0.674 bits per heavy atom. The average Bonchev–Trinajstić information content (AvgIpc) is 3.04. The van der Waals surface area contributed by atoms with Gasteiger partial charge >= 0.3 is 0 Å². The number of carbonyl (C=O) groups excluding carboxylic acids is 1. The van der Waals surface area contributed by atoms with Gasteiger partial charge in [0.05, 0.1) is 14.2 Å². The second kappa shape index (κ2) is 17.7. The Morgan fingerprint density at radius 3 is 1.44 bits per heavy atom. The van der Waals surface area contributed by atoms with Gasteiger partial charge in [0.1, 0.15) is 13.2 Å². The molecule has 236 valence electrons. The molecule has 43 heavy (non-hydrogen) atoms. The molecule has 0 amide bonds. The fourth-order valence-electron chi connectivity index (χ4n) is 5.17. The first kappa shape index (κ1) is 34.2. The zero-order valence-corrected chi connectivity index (χ0v) is 27.3. The second-order valence-corrected chi connectivity index (χ2v) is 10.5. The number of carbonyl (C=O) groups is 1. The van der Waals surface area contributed by atoms with Gasteiger partial charge < -0.3 is 28.7 Å². The first-order chi connectivity index (χ1) is 20.9. The summed E-state index contributed by atoms with van der Waals surface area (Å²) in [6.07, 6.45) is 3.93. The van der Waals surface area contributed by atoms with Crippen LogP contribution in [0.3, 0.4) is 0 Å². The van der Waals surface area contributed by atoms with E-state index in [-0.39, 0.29) is 5.78 Å². The van der Waals surface area contributed by atoms with Crippen molar-refractivity contribution in [1.29, 1.82) is 0 Å². The number of piperidine rings is 1. The van der Waals surface area contributed by atoms with E-state index in [0.717, 1.165) is 68.1 Å². The minimum absolute atomic E-state index is 0.0572. The topological polar surface area (TPSA) is 63.7 Å². The van der Waals surface area contributed by atoms with Crippen molar-refractivity contribution in [2.45, 2.75) is 34.6 Å². The summed E-state index contributed by atoms with van der Waals surface area (Å²) in [5, 5.41) is 0. The van der Waals surface area contributed by atoms with Gasteiger partial charge in [-0.05, 0) is 80.3 Å². The minimum Gasteiger partial charge on any atom is -0.493 e. The number of nitrogens with zero attached hydrogens (tertiary/aromatic N) is 3. The molecule has 1 aliphatic heterocycles. The zero-order chi connectivity index (χ0) is 31.2. The molecular formula is C35H51N3O5. The van der Waals surface area contributed by atoms with Gasteiger partial charge in [-0.3, -0.25) is 9.69 Å². The lowest BCUT2D eigenvalue weighted by atomic mass is 9.94. The first-order valence-electron chi connectivity index (χ1n) is 15.6. The predicted molar refractivity (Wildman–Crippen MR) is 176 cm³/mol. The monoisotopic (exact) mass is 593 g/mol. The molecule has 1 saturated heterocycles. The van der Waals surface area contributed by atoms with Crippen molar-refractivity contribution in [1.82, 2.24) is 14.7 Å². The summed E-state index contributed by atoms with van der Waals surface area (Å²) in [7, 11) is 3.29. The van der Waals surface area contributed by atoms with Crippen LogP contribution in [0.4, 0.5) is 0 Å². The van der Waals surface area contributed by atoms with E-state index in [4.69, 9.17) is 18.9 Å². The zero-order valence-electron chi connectivity index (χ0n) is 27.3. The first-order valence-corrected chi connectivity index (χ1v) is 15.6. The molecule has 0 N–H and O–H groups in total. The molecule has 0 saturated carbocycles. The van der Waals surface area contributed by atoms with Crippen LogP contribution < -0.4 is 18.9 Å². The molecule has 8 heteroatoms. The summed E-state index contributed by atoms with van der Waals surface area (Å²) < 4.78 is 23.3. The largest absolute Gasteiger partial charge is 0.493 e. The van der Waals surface area contributed by atoms with Gasteiger partial charge in [0, 0.05) is 37.3 Å². The lowest BCUT2D eigenvalue weighted by Crippen LogP contribution is -2.37. The summed E-state index contributed by atoms with van der Waals surface area (Å²) in [5.41, 5.74) is 3.31. The molecule has 1 fully saturated rings. The molecule has 0 atom stereocenters. The second-order valence-electron chi connectivity index (χ2n) is 10.5. The van der Waals surface area contributed by atoms with Gasteiger partial charge in [-0.25, -0.2) is 0 Å². The molecule has 0 bridgehead atoms. The summed E-state index contributed by atoms with van der Waals surface area (Å²) in [4.78, 5) is 20.6. The van der Waals surface area contributed by atoms with Crippen molar-refractivity contribution in [3.8, 4) is 23.0 Å². The van der Waals surface area contributed by atoms with E-state index in [2.05, 4.69) is 49.3 Å². The Morgan fingerprint density at radius 2 is 1.09 bits per heavy atom. The third-order valence-corrected chi connectivity index (χ3v) is 7.99. The molecule has 0 spiro atoms. The van der Waals surface area contributed by atoms with Crippen molar-refractivity contribution >= 4 is 17.9 Å². The molecular weight excluding hydrogens is 542 g/mol. The maximum Gasteiger partial charge on any atom is 0.187 e. The van der Waals surface area contributed by atoms with Crippen molar-refractivity contribution in [3.63, 3.8) is 0 Å². The van der Waals surface area contributed by atoms with Crippen LogP contribution in [0.1, 0.15) is 45.7 Å². The average molecular weight is 594 g/mol. The van der Waals surface area contributed by atoms with Gasteiger partial charge in [0.15, 0.2) is 28.8 Å². The molecule has 1 heterocycles. The van der Waals surface area contributed by atoms with Crippen LogP contribution in [-0.2, 0) is 4.79 Å². The summed E-state index contributed by atoms with van der Waals surface area (Å²) in [5.74, 6) is 2.79. The number of Topliss-reactive ketones (excluding diaryl/α,β-unsaturated/α-hetero) is 1. The number of benzene rings is 2. The van der Waals surface area contributed by atoms with E-state index < -0.39 is 0 Å². The summed E-state index contributed by atoms with van der Waals surface area (Å²) in [6, 6.07) is 11.7. The number of hydrogen-bond donors (Lipinski definition) is 0. The molecule has 2 aromatic rings. The highest BCUT2D eigenvalue weighted by Crippen LogP contribution is 2.32. The maximum absolute atomic E-state index is 13.7. The van der Waals surface area contributed by atoms with Crippen molar-refractivity contribution in [3.05, 3.63) is 58.7 Å². The summed E-state index contributed by atoms with van der Waals surface area (Å²) >= 11 is 0. The van der Waals surface area contributed by atoms with E-state index in [9.17, 15) is 4.79 Å². The Labute approximate surface area is 258 Å². The van der Waals surface area contributed by atoms with Crippen LogP contribution in [0.2, 0.25) is 0 Å². The lowest BCUT2D eigenvalue weighted by molar-refractivity contribution is -0.113. The molecule has 0 aromatic heterocycles. The quantitative estimate of drug-likeness (QED) is 0.222. The minimum atomic E-state index is 0.0572. The Bertz CT molecular complexity index is 1140. The van der Waals surface area contributed by atoms with Gasteiger partial charge in [0.25, 0.3) is 0 Å². The number of hydrogen-bond acceptors (Lipinski definition) is 8. The van der Waals surface area contributed by atoms with E-state index in [1.165, 1.54) is 0 Å². The Kier molecular flexibility index (Phi) is 14.1. The Hall–Kier alpha value is -3.33. The third-order valence-electron chi connectivity index (χ3n) is 7.99. The number of ketones is 1. The number of rotatable bonds is 17. The van der Waals surface area contributed by atoms with E-state index in [0.29, 0.717) is 49.3 Å². The number of methoxy groups -OCH3 is 2. The van der Waals surface area contributed by atoms with Gasteiger partial charge in [-0.2, -0.15) is 0 Å². The van der Waals surface area contributed by atoms with E-state index in [1.54, 1.807) is 14.2 Å². The fourth-order valence-corrected chi connectivity index (χ4v) is 5.17. The number of ether oxygens (including phenoxy) is 4. The van der Waals surface area contributed by atoms with Crippen LogP contribution in [0.25, 0.3) is 12.2 Å². The third kappa shape index (κ3) is 9.85. The normalized spacial score (nSPS) is 16.0. The van der Waals surface area contributed by atoms with Gasteiger partial charge in [-0.15, -0.1) is 0 Å². The summed E-state index contributed by atoms with van der Waals surface area (Å²) in [6.45, 7) is 19.6. The highest BCUT2D eigenvalue weighted by atomic mass is 16.5. The van der Waals surface area contributed by atoms with Crippen LogP contribution in [-0.4, -0.2) is 107 Å². The fraction of sp³-hybridized carbons (Fsp3) is 0.514. The molecule has 0 radical (unpaired) electrons. The SMILES string of the molecule is CCN(CC)CCOc1ccc(/C=C2\CN(CC)C/C(=C\c3ccc(OCCN(CC)CC)c(OC)c3)C2=O)cc1OC. The molecule has 2 aromatic carbocycles. The van der Waals surface area contributed by atoms with E-state index >= 15 is 0 Å². The number of likely N-dealkylation sites (tertiary alicyclic amines) is 1. The molecule has 0 unspecified atom stereocenters. The van der Waals surface area contributed by atoms with Crippen molar-refractivity contribution in [2.75, 3.05) is 86.3 Å². The van der Waals surface area contributed by atoms with Crippen LogP contribution in [0.5, 0.6) is 23.0 Å². The molecule has 0 aliphatic carbocycles. The van der Waals surface area contributed by atoms with Crippen LogP contribution >= 0.6 is 0 Å². The van der Waals surface area contributed by atoms with Gasteiger partial charge in [0.2, 0.25) is 0 Å². The lowest BCUT2D eigenvalue weighted by Gasteiger charge is -2.28. The number of likely N-dealkylation sites (N-methyl/N-ethyl adjacent to an activating group) is 3. The smallest absolute Gasteiger partial charge is 0.187 e. The highest BCUT2D eigenvalue weighted by Gasteiger charge is 2.25. The highest BCUT2D eigenvalue weighted by molar-refractivity contribution is 6.14. The molecule has 3 rings (SSSR count). The predicted octanol–water partition coefficient (Wildman–Crippen LogP) is 5.52. The van der Waals surface area contributed by atoms with E-state index in [1.807, 2.05) is 48.6 Å². The molecule has 1 aliphatic rings. The standard InChI is InChI=1S/C35H51N3O5/c1-8-36(9-2)17-19-42-31-15-13-27(23-33(31)40-6)21-29-25-38(12-5)26-30(35(29)39)22-28-14-16-32(34(24-28)41-7)43-20-18-37(10-3)11-4/h13-16,21-24H,8-12,17-20,25-26H2,1-7H3/b29-21+,30-22+. The van der Waals surface area contributed by atoms with Crippen LogP contribution in [0.15, 0.2) is 47.5 Å². The Balaban J connectivity index is 1.78. The maximum atomic E-state index is 13.7. The molecule has 8 nitrogen and oxygen atoms in total.